The predicted molar refractivity (Wildman–Crippen MR) is 92.3 cm³/mol. The van der Waals surface area contributed by atoms with Crippen LogP contribution >= 0.6 is 11.6 Å². The maximum atomic E-state index is 13.5. The normalized spacial score (nSPS) is 29.7. The van der Waals surface area contributed by atoms with Crippen molar-refractivity contribution in [3.63, 3.8) is 0 Å². The molecule has 1 aromatic rings. The van der Waals surface area contributed by atoms with Crippen LogP contribution in [0.25, 0.3) is 0 Å². The number of aliphatic hydroxyl groups is 3. The van der Waals surface area contributed by atoms with Crippen LogP contribution in [0.5, 0.6) is 5.75 Å². The van der Waals surface area contributed by atoms with Gasteiger partial charge < -0.3 is 20.1 Å². The summed E-state index contributed by atoms with van der Waals surface area (Å²) in [5.74, 6) is -0.352. The van der Waals surface area contributed by atoms with Gasteiger partial charge in [-0.2, -0.15) is 0 Å². The number of β-amino-alcohol motifs (C(OH)–C–C–N with tert-alkyl or cyclic N) is 2. The number of likely N-dealkylation sites (tertiary alicyclic amines) is 1. The van der Waals surface area contributed by atoms with Crippen LogP contribution in [0.15, 0.2) is 18.2 Å². The third-order valence-corrected chi connectivity index (χ3v) is 5.58. The first-order valence-electron chi connectivity index (χ1n) is 8.73. The number of aliphatic hydroxyl groups excluding tert-OH is 1. The van der Waals surface area contributed by atoms with E-state index in [1.807, 2.05) is 4.90 Å². The van der Waals surface area contributed by atoms with Gasteiger partial charge in [-0.3, -0.25) is 4.90 Å². The number of hydrogen-bond donors (Lipinski definition) is 3. The van der Waals surface area contributed by atoms with Crippen LogP contribution in [0.3, 0.4) is 0 Å². The van der Waals surface area contributed by atoms with Gasteiger partial charge in [0.15, 0.2) is 0 Å². The van der Waals surface area contributed by atoms with Gasteiger partial charge in [-0.25, -0.2) is 4.39 Å². The molecule has 0 spiro atoms. The molecule has 140 valence electrons. The SMILES string of the molecule is O[C@H]1CCN(CC2(O)CCCC2)C[C@]1(O)COc1ccc(Cl)c(F)c1. The molecule has 1 aromatic carbocycles. The topological polar surface area (TPSA) is 73.2 Å². The molecular formula is C18H25ClFNO4. The van der Waals surface area contributed by atoms with Crippen molar-refractivity contribution in [2.45, 2.75) is 49.4 Å². The Morgan fingerprint density at radius 3 is 2.68 bits per heavy atom. The highest BCUT2D eigenvalue weighted by molar-refractivity contribution is 6.30. The molecule has 2 fully saturated rings. The molecule has 1 aliphatic heterocycles. The summed E-state index contributed by atoms with van der Waals surface area (Å²) < 4.78 is 19.0. The Bertz CT molecular complexity index is 611. The van der Waals surface area contributed by atoms with E-state index in [-0.39, 0.29) is 23.9 Å². The van der Waals surface area contributed by atoms with E-state index in [9.17, 15) is 19.7 Å². The molecule has 1 heterocycles. The number of rotatable bonds is 5. The molecule has 0 bridgehead atoms. The summed E-state index contributed by atoms with van der Waals surface area (Å²) in [4.78, 5) is 1.98. The lowest BCUT2D eigenvalue weighted by molar-refractivity contribution is -0.147. The maximum absolute atomic E-state index is 13.5. The molecule has 3 rings (SSSR count). The third kappa shape index (κ3) is 4.44. The Labute approximate surface area is 152 Å². The molecule has 0 radical (unpaired) electrons. The molecule has 0 amide bonds. The number of piperidine rings is 1. The number of halogens is 2. The Morgan fingerprint density at radius 2 is 2.00 bits per heavy atom. The van der Waals surface area contributed by atoms with Crippen molar-refractivity contribution in [2.24, 2.45) is 0 Å². The van der Waals surface area contributed by atoms with Gasteiger partial charge in [-0.1, -0.05) is 24.4 Å². The second-order valence-electron chi connectivity index (χ2n) is 7.41. The van der Waals surface area contributed by atoms with E-state index in [1.54, 1.807) is 0 Å². The van der Waals surface area contributed by atoms with E-state index in [4.69, 9.17) is 16.3 Å². The summed E-state index contributed by atoms with van der Waals surface area (Å²) in [6.45, 7) is 1.13. The fourth-order valence-electron chi connectivity index (χ4n) is 3.80. The van der Waals surface area contributed by atoms with Crippen LogP contribution < -0.4 is 4.74 Å². The molecule has 1 saturated heterocycles. The Morgan fingerprint density at radius 1 is 1.28 bits per heavy atom. The zero-order chi connectivity index (χ0) is 18.1. The summed E-state index contributed by atoms with van der Waals surface area (Å²) in [6.07, 6.45) is 3.03. The Hall–Kier alpha value is -0.920. The molecule has 7 heteroatoms. The highest BCUT2D eigenvalue weighted by Gasteiger charge is 2.44. The third-order valence-electron chi connectivity index (χ3n) is 5.27. The van der Waals surface area contributed by atoms with Crippen molar-refractivity contribution < 1.29 is 24.4 Å². The van der Waals surface area contributed by atoms with Crippen LogP contribution in [-0.4, -0.2) is 63.8 Å². The first kappa shape index (κ1) is 18.9. The monoisotopic (exact) mass is 373 g/mol. The van der Waals surface area contributed by atoms with E-state index in [2.05, 4.69) is 0 Å². The van der Waals surface area contributed by atoms with Gasteiger partial charge >= 0.3 is 0 Å². The largest absolute Gasteiger partial charge is 0.490 e. The van der Waals surface area contributed by atoms with E-state index < -0.39 is 23.1 Å². The van der Waals surface area contributed by atoms with Crippen LogP contribution in [0, 0.1) is 5.82 Å². The summed E-state index contributed by atoms with van der Waals surface area (Å²) >= 11 is 5.64. The minimum atomic E-state index is -1.47. The Kier molecular flexibility index (Phi) is 5.56. The number of ether oxygens (including phenoxy) is 1. The van der Waals surface area contributed by atoms with Crippen molar-refractivity contribution in [1.29, 1.82) is 0 Å². The molecule has 2 aliphatic rings. The molecule has 0 aromatic heterocycles. The van der Waals surface area contributed by atoms with Crippen molar-refractivity contribution in [3.05, 3.63) is 29.0 Å². The minimum absolute atomic E-state index is 0.000236. The van der Waals surface area contributed by atoms with Crippen LogP contribution in [0.1, 0.15) is 32.1 Å². The van der Waals surface area contributed by atoms with Crippen molar-refractivity contribution in [3.8, 4) is 5.75 Å². The second-order valence-corrected chi connectivity index (χ2v) is 7.82. The molecule has 3 N–H and O–H groups in total. The van der Waals surface area contributed by atoms with E-state index in [1.165, 1.54) is 12.1 Å². The molecule has 1 saturated carbocycles. The van der Waals surface area contributed by atoms with Crippen molar-refractivity contribution in [1.82, 2.24) is 4.90 Å². The standard InChI is InChI=1S/C18H25ClFNO4/c19-14-4-3-13(9-15(14)20)25-12-18(24)11-21(8-5-16(18)22)10-17(23)6-1-2-7-17/h3-4,9,16,22-24H,1-2,5-8,10-12H2/t16-,18-/m0/s1. The van der Waals surface area contributed by atoms with Crippen molar-refractivity contribution >= 4 is 11.6 Å². The molecule has 5 nitrogen and oxygen atoms in total. The molecule has 2 atom stereocenters. The predicted octanol–water partition coefficient (Wildman–Crippen LogP) is 1.96. The van der Waals surface area contributed by atoms with Crippen LogP contribution in [-0.2, 0) is 0 Å². The average Bonchev–Trinajstić information content (AvgIpc) is 2.99. The smallest absolute Gasteiger partial charge is 0.145 e. The zero-order valence-electron chi connectivity index (χ0n) is 14.1. The lowest BCUT2D eigenvalue weighted by Gasteiger charge is -2.44. The van der Waals surface area contributed by atoms with Gasteiger partial charge in [0.05, 0.1) is 16.7 Å². The van der Waals surface area contributed by atoms with Gasteiger partial charge in [0, 0.05) is 25.7 Å². The van der Waals surface area contributed by atoms with E-state index in [0.29, 0.717) is 19.5 Å². The minimum Gasteiger partial charge on any atom is -0.490 e. The van der Waals surface area contributed by atoms with Gasteiger partial charge in [0.2, 0.25) is 0 Å². The van der Waals surface area contributed by atoms with Crippen molar-refractivity contribution in [2.75, 3.05) is 26.2 Å². The quantitative estimate of drug-likeness (QED) is 0.736. The summed E-state index contributed by atoms with van der Waals surface area (Å²) in [5, 5.41) is 31.6. The van der Waals surface area contributed by atoms with Gasteiger partial charge in [0.25, 0.3) is 0 Å². The first-order chi connectivity index (χ1) is 11.8. The molecule has 1 aliphatic carbocycles. The number of hydrogen-bond acceptors (Lipinski definition) is 5. The molecular weight excluding hydrogens is 349 g/mol. The van der Waals surface area contributed by atoms with Gasteiger partial charge in [-0.05, 0) is 31.4 Å². The van der Waals surface area contributed by atoms with E-state index >= 15 is 0 Å². The molecule has 25 heavy (non-hydrogen) atoms. The lowest BCUT2D eigenvalue weighted by Crippen LogP contribution is -2.61. The number of nitrogens with zero attached hydrogens (tertiary/aromatic N) is 1. The lowest BCUT2D eigenvalue weighted by atomic mass is 9.89. The summed E-state index contributed by atoms with van der Waals surface area (Å²) in [7, 11) is 0. The average molecular weight is 374 g/mol. The van der Waals surface area contributed by atoms with Gasteiger partial charge in [-0.15, -0.1) is 0 Å². The summed E-state index contributed by atoms with van der Waals surface area (Å²) in [6, 6.07) is 4.05. The first-order valence-corrected chi connectivity index (χ1v) is 9.11. The summed E-state index contributed by atoms with van der Waals surface area (Å²) in [5.41, 5.74) is -2.17. The van der Waals surface area contributed by atoms with Crippen LogP contribution in [0.4, 0.5) is 4.39 Å². The molecule has 0 unspecified atom stereocenters. The second kappa shape index (κ2) is 7.37. The highest BCUT2D eigenvalue weighted by Crippen LogP contribution is 2.32. The number of benzene rings is 1. The van der Waals surface area contributed by atoms with E-state index in [0.717, 1.165) is 31.7 Å². The van der Waals surface area contributed by atoms with Crippen LogP contribution in [0.2, 0.25) is 5.02 Å². The zero-order valence-corrected chi connectivity index (χ0v) is 14.9. The fourth-order valence-corrected chi connectivity index (χ4v) is 3.92. The Balaban J connectivity index is 1.62. The maximum Gasteiger partial charge on any atom is 0.145 e. The highest BCUT2D eigenvalue weighted by atomic mass is 35.5. The van der Waals surface area contributed by atoms with Gasteiger partial charge in [0.1, 0.15) is 23.8 Å². The fraction of sp³-hybridized carbons (Fsp3) is 0.667.